The van der Waals surface area contributed by atoms with E-state index < -0.39 is 59.2 Å². The molecule has 0 aromatic heterocycles. The van der Waals surface area contributed by atoms with Crippen LogP contribution in [0.1, 0.15) is 78.1 Å². The first-order chi connectivity index (χ1) is 20.3. The van der Waals surface area contributed by atoms with Gasteiger partial charge in [0.25, 0.3) is 0 Å². The number of benzene rings is 2. The summed E-state index contributed by atoms with van der Waals surface area (Å²) in [5.41, 5.74) is 0.0824. The summed E-state index contributed by atoms with van der Waals surface area (Å²) in [7, 11) is 0. The molecule has 11 heteroatoms. The lowest BCUT2D eigenvalue weighted by Gasteiger charge is -2.37. The van der Waals surface area contributed by atoms with Crippen molar-refractivity contribution in [2.45, 2.75) is 104 Å². The Morgan fingerprint density at radius 1 is 0.886 bits per heavy atom. The largest absolute Gasteiger partial charge is 0.508 e. The van der Waals surface area contributed by atoms with Gasteiger partial charge in [0.2, 0.25) is 11.8 Å². The number of thiol groups is 1. The lowest BCUT2D eigenvalue weighted by molar-refractivity contribution is -0.159. The summed E-state index contributed by atoms with van der Waals surface area (Å²) in [6.45, 7) is 15.5. The van der Waals surface area contributed by atoms with Gasteiger partial charge in [0.15, 0.2) is 0 Å². The van der Waals surface area contributed by atoms with Crippen LogP contribution in [0.3, 0.4) is 0 Å². The van der Waals surface area contributed by atoms with Crippen molar-refractivity contribution in [3.05, 3.63) is 65.2 Å². The Morgan fingerprint density at radius 3 is 1.98 bits per heavy atom. The van der Waals surface area contributed by atoms with Crippen LogP contribution < -0.4 is 10.6 Å². The summed E-state index contributed by atoms with van der Waals surface area (Å²) in [6, 6.07) is 9.81. The molecule has 0 saturated heterocycles. The van der Waals surface area contributed by atoms with Crippen molar-refractivity contribution in [3.63, 3.8) is 0 Å². The van der Waals surface area contributed by atoms with Crippen LogP contribution in [0.25, 0.3) is 0 Å². The molecule has 2 rings (SSSR count). The highest BCUT2D eigenvalue weighted by Gasteiger charge is 2.39. The minimum Gasteiger partial charge on any atom is -0.508 e. The number of hydrogen-bond acceptors (Lipinski definition) is 8. The van der Waals surface area contributed by atoms with Crippen molar-refractivity contribution >= 4 is 36.5 Å². The molecule has 0 radical (unpaired) electrons. The standard InChI is InChI=1S/C33H47N3O7S/c1-20(2)36(29(39)25(19-44)35-31(41)43-33(7,8)9)27(23-15-16-26(37)21(3)17-23)28(38)34-24(30(40)42-32(4,5)6)18-22-13-11-10-12-14-22/h10-17,20,24-25,27,37,44H,18-19H2,1-9H3,(H,34,38)(H,35,41). The lowest BCUT2D eigenvalue weighted by atomic mass is 9.98. The van der Waals surface area contributed by atoms with Crippen LogP contribution in [0, 0.1) is 6.92 Å². The van der Waals surface area contributed by atoms with Gasteiger partial charge in [-0.2, -0.15) is 12.6 Å². The van der Waals surface area contributed by atoms with E-state index in [0.29, 0.717) is 11.1 Å². The van der Waals surface area contributed by atoms with E-state index in [1.807, 2.05) is 30.3 Å². The first-order valence-corrected chi connectivity index (χ1v) is 15.3. The van der Waals surface area contributed by atoms with Crippen LogP contribution in [0.5, 0.6) is 5.75 Å². The van der Waals surface area contributed by atoms with Crippen LogP contribution in [0.4, 0.5) is 4.79 Å². The van der Waals surface area contributed by atoms with Crippen molar-refractivity contribution in [3.8, 4) is 5.75 Å². The van der Waals surface area contributed by atoms with E-state index in [1.54, 1.807) is 74.4 Å². The molecule has 0 aliphatic heterocycles. The predicted molar refractivity (Wildman–Crippen MR) is 172 cm³/mol. The highest BCUT2D eigenvalue weighted by molar-refractivity contribution is 7.80. The van der Waals surface area contributed by atoms with Gasteiger partial charge in [0, 0.05) is 18.2 Å². The number of phenols is 1. The molecular weight excluding hydrogens is 582 g/mol. The van der Waals surface area contributed by atoms with E-state index in [4.69, 9.17) is 9.47 Å². The Hall–Kier alpha value is -3.73. The number of hydrogen-bond donors (Lipinski definition) is 4. The molecule has 242 valence electrons. The third kappa shape index (κ3) is 11.1. The average molecular weight is 630 g/mol. The van der Waals surface area contributed by atoms with Gasteiger partial charge in [-0.25, -0.2) is 9.59 Å². The molecule has 2 aromatic carbocycles. The fourth-order valence-corrected chi connectivity index (χ4v) is 4.70. The highest BCUT2D eigenvalue weighted by Crippen LogP contribution is 2.29. The first-order valence-electron chi connectivity index (χ1n) is 14.6. The fourth-order valence-electron chi connectivity index (χ4n) is 4.45. The maximum atomic E-state index is 14.3. The minimum absolute atomic E-state index is 0.0193. The Bertz CT molecular complexity index is 1300. The van der Waals surface area contributed by atoms with E-state index in [-0.39, 0.29) is 17.9 Å². The molecule has 0 spiro atoms. The molecule has 44 heavy (non-hydrogen) atoms. The van der Waals surface area contributed by atoms with E-state index in [1.165, 1.54) is 11.0 Å². The van der Waals surface area contributed by atoms with E-state index in [2.05, 4.69) is 23.3 Å². The Kier molecular flexibility index (Phi) is 12.7. The Balaban J connectivity index is 2.58. The second-order valence-electron chi connectivity index (χ2n) is 13.0. The van der Waals surface area contributed by atoms with Gasteiger partial charge in [0.05, 0.1) is 0 Å². The number of ether oxygens (including phenoxy) is 2. The van der Waals surface area contributed by atoms with Crippen LogP contribution in [-0.4, -0.2) is 69.0 Å². The highest BCUT2D eigenvalue weighted by atomic mass is 32.1. The average Bonchev–Trinajstić information content (AvgIpc) is 2.89. The van der Waals surface area contributed by atoms with Crippen molar-refractivity contribution in [2.75, 3.05) is 5.75 Å². The summed E-state index contributed by atoms with van der Waals surface area (Å²) in [6.07, 6.45) is -0.652. The minimum atomic E-state index is -1.25. The van der Waals surface area contributed by atoms with Crippen LogP contribution in [-0.2, 0) is 30.3 Å². The number of rotatable bonds is 11. The van der Waals surface area contributed by atoms with Crippen molar-refractivity contribution in [2.24, 2.45) is 0 Å². The second kappa shape index (κ2) is 15.3. The van der Waals surface area contributed by atoms with Crippen LogP contribution in [0.15, 0.2) is 48.5 Å². The lowest BCUT2D eigenvalue weighted by Crippen LogP contribution is -2.57. The second-order valence-corrected chi connectivity index (χ2v) is 13.3. The molecule has 3 N–H and O–H groups in total. The number of aromatic hydroxyl groups is 1. The molecule has 0 fully saturated rings. The summed E-state index contributed by atoms with van der Waals surface area (Å²) in [5, 5.41) is 15.6. The monoisotopic (exact) mass is 629 g/mol. The summed E-state index contributed by atoms with van der Waals surface area (Å²) >= 11 is 4.31. The van der Waals surface area contributed by atoms with Crippen molar-refractivity contribution in [1.82, 2.24) is 15.5 Å². The smallest absolute Gasteiger partial charge is 0.408 e. The zero-order chi connectivity index (χ0) is 33.4. The maximum absolute atomic E-state index is 14.3. The number of nitrogens with one attached hydrogen (secondary N) is 2. The van der Waals surface area contributed by atoms with Gasteiger partial charge in [0.1, 0.15) is 35.1 Å². The van der Waals surface area contributed by atoms with Gasteiger partial charge < -0.3 is 30.1 Å². The molecule has 10 nitrogen and oxygen atoms in total. The molecule has 0 heterocycles. The van der Waals surface area contributed by atoms with Gasteiger partial charge in [-0.15, -0.1) is 0 Å². The summed E-state index contributed by atoms with van der Waals surface area (Å²) in [4.78, 5) is 55.6. The van der Waals surface area contributed by atoms with Gasteiger partial charge >= 0.3 is 12.1 Å². The van der Waals surface area contributed by atoms with Gasteiger partial charge in [-0.1, -0.05) is 36.4 Å². The first kappa shape index (κ1) is 36.5. The number of phenolic OH excluding ortho intramolecular Hbond substituents is 1. The number of esters is 1. The normalized spacial score (nSPS) is 13.8. The maximum Gasteiger partial charge on any atom is 0.408 e. The molecule has 3 atom stereocenters. The third-order valence-corrected chi connectivity index (χ3v) is 6.70. The number of nitrogens with zero attached hydrogens (tertiary/aromatic N) is 1. The quantitative estimate of drug-likeness (QED) is 0.206. The molecule has 0 aliphatic rings. The Labute approximate surface area is 266 Å². The molecular formula is C33H47N3O7S. The zero-order valence-corrected chi connectivity index (χ0v) is 28.0. The van der Waals surface area contributed by atoms with Crippen molar-refractivity contribution < 1.29 is 33.8 Å². The summed E-state index contributed by atoms with van der Waals surface area (Å²) in [5.74, 6) is -1.90. The number of carbonyl (C=O) groups is 4. The number of amides is 3. The van der Waals surface area contributed by atoms with E-state index in [9.17, 15) is 24.3 Å². The molecule has 0 bridgehead atoms. The Morgan fingerprint density at radius 2 is 1.48 bits per heavy atom. The number of aryl methyl sites for hydroxylation is 1. The number of alkyl carbamates (subject to hydrolysis) is 1. The zero-order valence-electron chi connectivity index (χ0n) is 27.1. The van der Waals surface area contributed by atoms with Crippen molar-refractivity contribution in [1.29, 1.82) is 0 Å². The third-order valence-electron chi connectivity index (χ3n) is 6.34. The van der Waals surface area contributed by atoms with E-state index >= 15 is 0 Å². The fraction of sp³-hybridized carbons (Fsp3) is 0.515. The predicted octanol–water partition coefficient (Wildman–Crippen LogP) is 4.87. The van der Waals surface area contributed by atoms with Crippen LogP contribution in [0.2, 0.25) is 0 Å². The topological polar surface area (TPSA) is 134 Å². The summed E-state index contributed by atoms with van der Waals surface area (Å²) < 4.78 is 11.0. The SMILES string of the molecule is Cc1cc(C(C(=O)NC(Cc2ccccc2)C(=O)OC(C)(C)C)N(C(=O)C(CS)NC(=O)OC(C)(C)C)C(C)C)ccc1O. The van der Waals surface area contributed by atoms with Crippen LogP contribution >= 0.6 is 12.6 Å². The molecule has 0 aliphatic carbocycles. The van der Waals surface area contributed by atoms with Gasteiger partial charge in [-0.05, 0) is 91.1 Å². The molecule has 2 aromatic rings. The van der Waals surface area contributed by atoms with Gasteiger partial charge in [-0.3, -0.25) is 9.59 Å². The van der Waals surface area contributed by atoms with E-state index in [0.717, 1.165) is 5.56 Å². The number of carbonyl (C=O) groups excluding carboxylic acids is 4. The molecule has 3 unspecified atom stereocenters. The molecule has 0 saturated carbocycles. The molecule has 3 amide bonds.